The summed E-state index contributed by atoms with van der Waals surface area (Å²) in [6, 6.07) is 0.566. The second kappa shape index (κ2) is 5.80. The molecule has 0 saturated carbocycles. The molecular formula is C13H24N2O. The Bertz CT molecular complexity index is 252. The van der Waals surface area contributed by atoms with E-state index in [4.69, 9.17) is 4.74 Å². The van der Waals surface area contributed by atoms with Gasteiger partial charge in [0.2, 0.25) is 0 Å². The Morgan fingerprint density at radius 2 is 2.38 bits per heavy atom. The number of likely N-dealkylation sites (N-methyl/N-ethyl adjacent to an activating group) is 1. The third kappa shape index (κ3) is 3.06. The highest BCUT2D eigenvalue weighted by atomic mass is 16.5. The van der Waals surface area contributed by atoms with Crippen LogP contribution in [0.15, 0.2) is 11.6 Å². The van der Waals surface area contributed by atoms with Crippen molar-refractivity contribution in [1.82, 2.24) is 10.2 Å². The molecule has 0 aliphatic carbocycles. The molecule has 2 aliphatic rings. The second-order valence-corrected chi connectivity index (χ2v) is 5.04. The van der Waals surface area contributed by atoms with Crippen LogP contribution in [-0.4, -0.2) is 50.3 Å². The Morgan fingerprint density at radius 3 is 3.12 bits per heavy atom. The third-order valence-electron chi connectivity index (χ3n) is 3.57. The van der Waals surface area contributed by atoms with Crippen LogP contribution in [0, 0.1) is 5.92 Å². The first-order valence-corrected chi connectivity index (χ1v) is 6.48. The van der Waals surface area contributed by atoms with Gasteiger partial charge in [-0.15, -0.1) is 0 Å². The van der Waals surface area contributed by atoms with Gasteiger partial charge in [-0.25, -0.2) is 0 Å². The Morgan fingerprint density at radius 1 is 1.50 bits per heavy atom. The molecule has 2 heterocycles. The summed E-state index contributed by atoms with van der Waals surface area (Å²) in [6.07, 6.45) is 3.58. The van der Waals surface area contributed by atoms with E-state index in [1.165, 1.54) is 25.1 Å². The van der Waals surface area contributed by atoms with E-state index in [9.17, 15) is 0 Å². The maximum Gasteiger partial charge on any atom is 0.0623 e. The average molecular weight is 224 g/mol. The van der Waals surface area contributed by atoms with E-state index >= 15 is 0 Å². The van der Waals surface area contributed by atoms with Crippen LogP contribution in [0.25, 0.3) is 0 Å². The van der Waals surface area contributed by atoms with Crippen LogP contribution >= 0.6 is 0 Å². The average Bonchev–Trinajstić information content (AvgIpc) is 2.66. The van der Waals surface area contributed by atoms with Gasteiger partial charge >= 0.3 is 0 Å². The molecule has 0 amide bonds. The maximum atomic E-state index is 5.59. The van der Waals surface area contributed by atoms with E-state index in [1.54, 1.807) is 0 Å². The van der Waals surface area contributed by atoms with Crippen molar-refractivity contribution in [1.29, 1.82) is 0 Å². The predicted molar refractivity (Wildman–Crippen MR) is 66.6 cm³/mol. The van der Waals surface area contributed by atoms with Crippen molar-refractivity contribution in [2.75, 3.05) is 39.4 Å². The molecular weight excluding hydrogens is 200 g/mol. The zero-order chi connectivity index (χ0) is 11.4. The van der Waals surface area contributed by atoms with E-state index < -0.39 is 0 Å². The lowest BCUT2D eigenvalue weighted by Gasteiger charge is -2.30. The third-order valence-corrected chi connectivity index (χ3v) is 3.57. The number of nitrogens with one attached hydrogen (secondary N) is 1. The van der Waals surface area contributed by atoms with E-state index in [0.29, 0.717) is 12.0 Å². The fourth-order valence-electron chi connectivity index (χ4n) is 2.74. The molecule has 0 bridgehead atoms. The Kier molecular flexibility index (Phi) is 4.38. The Balaban J connectivity index is 1.82. The van der Waals surface area contributed by atoms with Crippen molar-refractivity contribution in [2.45, 2.75) is 26.3 Å². The van der Waals surface area contributed by atoms with E-state index in [-0.39, 0.29) is 0 Å². The summed E-state index contributed by atoms with van der Waals surface area (Å²) in [4.78, 5) is 2.57. The van der Waals surface area contributed by atoms with Gasteiger partial charge in [-0.3, -0.25) is 4.90 Å². The van der Waals surface area contributed by atoms with Gasteiger partial charge in [-0.05, 0) is 19.9 Å². The summed E-state index contributed by atoms with van der Waals surface area (Å²) in [6.45, 7) is 10.8. The van der Waals surface area contributed by atoms with Crippen LogP contribution in [0.5, 0.6) is 0 Å². The van der Waals surface area contributed by atoms with Crippen molar-refractivity contribution in [3.63, 3.8) is 0 Å². The molecule has 2 rings (SSSR count). The summed E-state index contributed by atoms with van der Waals surface area (Å²) >= 11 is 0. The first-order valence-electron chi connectivity index (χ1n) is 6.48. The zero-order valence-electron chi connectivity index (χ0n) is 10.5. The molecule has 0 radical (unpaired) electrons. The van der Waals surface area contributed by atoms with Gasteiger partial charge < -0.3 is 10.1 Å². The number of ether oxygens (including phenoxy) is 1. The molecule has 92 valence electrons. The van der Waals surface area contributed by atoms with Crippen LogP contribution < -0.4 is 5.32 Å². The van der Waals surface area contributed by atoms with Gasteiger partial charge in [0, 0.05) is 31.6 Å². The molecule has 1 N–H and O–H groups in total. The molecule has 0 spiro atoms. The fourth-order valence-corrected chi connectivity index (χ4v) is 2.74. The number of hydrogen-bond donors (Lipinski definition) is 1. The second-order valence-electron chi connectivity index (χ2n) is 5.04. The monoisotopic (exact) mass is 224 g/mol. The Labute approximate surface area is 98.8 Å². The summed E-state index contributed by atoms with van der Waals surface area (Å²) < 4.78 is 5.59. The lowest BCUT2D eigenvalue weighted by atomic mass is 10.0. The normalized spacial score (nSPS) is 31.8. The van der Waals surface area contributed by atoms with Crippen molar-refractivity contribution >= 4 is 0 Å². The molecule has 16 heavy (non-hydrogen) atoms. The Hall–Kier alpha value is -0.380. The molecule has 2 atom stereocenters. The highest BCUT2D eigenvalue weighted by Gasteiger charge is 2.29. The number of hydrogen-bond acceptors (Lipinski definition) is 3. The van der Waals surface area contributed by atoms with Gasteiger partial charge in [-0.2, -0.15) is 0 Å². The van der Waals surface area contributed by atoms with Crippen molar-refractivity contribution < 1.29 is 4.74 Å². The molecule has 0 aromatic heterocycles. The lowest BCUT2D eigenvalue weighted by Crippen LogP contribution is -2.43. The molecule has 3 nitrogen and oxygen atoms in total. The van der Waals surface area contributed by atoms with Crippen LogP contribution in [-0.2, 0) is 4.74 Å². The van der Waals surface area contributed by atoms with Gasteiger partial charge in [0.05, 0.1) is 13.2 Å². The van der Waals surface area contributed by atoms with E-state index in [2.05, 4.69) is 30.1 Å². The molecule has 0 aromatic rings. The number of rotatable bonds is 4. The van der Waals surface area contributed by atoms with Gasteiger partial charge in [0.15, 0.2) is 0 Å². The minimum Gasteiger partial charge on any atom is -0.379 e. The minimum absolute atomic E-state index is 0.566. The smallest absolute Gasteiger partial charge is 0.0623 e. The first kappa shape index (κ1) is 12.1. The fraction of sp³-hybridized carbons (Fsp3) is 0.846. The van der Waals surface area contributed by atoms with Crippen molar-refractivity contribution in [3.8, 4) is 0 Å². The van der Waals surface area contributed by atoms with Gasteiger partial charge in [-0.1, -0.05) is 18.6 Å². The van der Waals surface area contributed by atoms with Crippen molar-refractivity contribution in [2.24, 2.45) is 5.92 Å². The topological polar surface area (TPSA) is 24.5 Å². The maximum absolute atomic E-state index is 5.59. The first-order chi connectivity index (χ1) is 7.79. The zero-order valence-corrected chi connectivity index (χ0v) is 10.5. The largest absolute Gasteiger partial charge is 0.379 e. The summed E-state index contributed by atoms with van der Waals surface area (Å²) in [7, 11) is 0. The van der Waals surface area contributed by atoms with E-state index in [0.717, 1.165) is 26.3 Å². The van der Waals surface area contributed by atoms with Crippen LogP contribution in [0.2, 0.25) is 0 Å². The highest BCUT2D eigenvalue weighted by Crippen LogP contribution is 2.18. The van der Waals surface area contributed by atoms with E-state index in [1.807, 2.05) is 0 Å². The van der Waals surface area contributed by atoms with Gasteiger partial charge in [0.1, 0.15) is 0 Å². The van der Waals surface area contributed by atoms with Crippen molar-refractivity contribution in [3.05, 3.63) is 11.6 Å². The quantitative estimate of drug-likeness (QED) is 0.728. The van der Waals surface area contributed by atoms with Crippen LogP contribution in [0.1, 0.15) is 20.3 Å². The molecule has 1 fully saturated rings. The minimum atomic E-state index is 0.566. The molecule has 2 aliphatic heterocycles. The van der Waals surface area contributed by atoms with Gasteiger partial charge in [0.25, 0.3) is 0 Å². The predicted octanol–water partition coefficient (Wildman–Crippen LogP) is 1.26. The molecule has 1 saturated heterocycles. The number of nitrogens with zero attached hydrogens (tertiary/aromatic N) is 1. The highest BCUT2D eigenvalue weighted by molar-refractivity contribution is 5.05. The lowest BCUT2D eigenvalue weighted by molar-refractivity contribution is 0.169. The summed E-state index contributed by atoms with van der Waals surface area (Å²) in [5.74, 6) is 0.672. The summed E-state index contributed by atoms with van der Waals surface area (Å²) in [5.41, 5.74) is 1.52. The standard InChI is InChI=1S/C13H24N2O/c1-3-14-13-10-16-9-12(13)8-15-6-4-5-11(2)7-15/h5,12-14H,3-4,6-10H2,1-2H3. The SMILES string of the molecule is CCNC1COCC1CN1CCC=C(C)C1. The molecule has 0 aromatic carbocycles. The van der Waals surface area contributed by atoms with Crippen LogP contribution in [0.3, 0.4) is 0 Å². The summed E-state index contributed by atoms with van der Waals surface area (Å²) in [5, 5.41) is 3.53. The molecule has 3 heteroatoms. The molecule has 2 unspecified atom stereocenters. The van der Waals surface area contributed by atoms with Crippen LogP contribution in [0.4, 0.5) is 0 Å².